The molecule has 0 radical (unpaired) electrons. The number of rotatable bonds is 2. The minimum absolute atomic E-state index is 0.110. The van der Waals surface area contributed by atoms with Gasteiger partial charge < -0.3 is 15.0 Å². The van der Waals surface area contributed by atoms with Crippen LogP contribution in [-0.4, -0.2) is 20.4 Å². The summed E-state index contributed by atoms with van der Waals surface area (Å²) >= 11 is 0. The van der Waals surface area contributed by atoms with E-state index in [0.29, 0.717) is 29.8 Å². The maximum atomic E-state index is 13.2. The van der Waals surface area contributed by atoms with Gasteiger partial charge >= 0.3 is 0 Å². The number of fused-ring (bicyclic) bond motifs is 5. The number of nitrogens with zero attached hydrogens (tertiary/aromatic N) is 2. The summed E-state index contributed by atoms with van der Waals surface area (Å²) in [5, 5.41) is 14.6. The van der Waals surface area contributed by atoms with Crippen molar-refractivity contribution in [2.45, 2.75) is 38.8 Å². The SMILES string of the molecule is CCc1c2c(nc3ccc(C4=CN4)cc13)-c1cc3c(c(=O)n1C2)CCC(=O)[C@H]3O. The van der Waals surface area contributed by atoms with Crippen LogP contribution in [0.2, 0.25) is 0 Å². The molecule has 0 fully saturated rings. The number of aliphatic hydroxyl groups excluding tert-OH is 1. The largest absolute Gasteiger partial charge is 0.381 e. The first kappa shape index (κ1) is 16.7. The lowest BCUT2D eigenvalue weighted by molar-refractivity contribution is -0.128. The van der Waals surface area contributed by atoms with Crippen LogP contribution in [0.15, 0.2) is 35.3 Å². The second-order valence-electron chi connectivity index (χ2n) is 7.93. The second-order valence-corrected chi connectivity index (χ2v) is 7.93. The van der Waals surface area contributed by atoms with E-state index in [1.807, 2.05) is 18.3 Å². The number of aliphatic hydroxyl groups is 1. The van der Waals surface area contributed by atoms with Crippen LogP contribution < -0.4 is 10.9 Å². The molecule has 0 unspecified atom stereocenters. The van der Waals surface area contributed by atoms with Gasteiger partial charge in [0, 0.05) is 34.7 Å². The molecule has 2 N–H and O–H groups in total. The van der Waals surface area contributed by atoms with Gasteiger partial charge in [-0.1, -0.05) is 13.0 Å². The molecule has 1 aromatic carbocycles. The van der Waals surface area contributed by atoms with E-state index in [2.05, 4.69) is 18.3 Å². The van der Waals surface area contributed by atoms with Crippen molar-refractivity contribution >= 4 is 22.4 Å². The third-order valence-corrected chi connectivity index (χ3v) is 6.37. The number of aryl methyl sites for hydroxylation is 1. The number of aromatic nitrogens is 2. The van der Waals surface area contributed by atoms with Crippen molar-refractivity contribution in [1.29, 1.82) is 0 Å². The van der Waals surface area contributed by atoms with Gasteiger partial charge in [-0.05, 0) is 42.2 Å². The molecule has 2 aromatic heterocycles. The molecule has 144 valence electrons. The predicted molar refractivity (Wildman–Crippen MR) is 109 cm³/mol. The molecule has 3 aliphatic rings. The number of ketones is 1. The van der Waals surface area contributed by atoms with Gasteiger partial charge in [0.1, 0.15) is 6.10 Å². The summed E-state index contributed by atoms with van der Waals surface area (Å²) in [4.78, 5) is 30.1. The first-order valence-corrected chi connectivity index (χ1v) is 9.97. The van der Waals surface area contributed by atoms with Crippen LogP contribution in [0, 0.1) is 0 Å². The molecule has 6 heteroatoms. The van der Waals surface area contributed by atoms with Gasteiger partial charge in [0.05, 0.1) is 29.1 Å². The number of benzene rings is 1. The van der Waals surface area contributed by atoms with E-state index in [9.17, 15) is 14.7 Å². The van der Waals surface area contributed by atoms with E-state index in [0.717, 1.165) is 39.8 Å². The Morgan fingerprint density at radius 1 is 1.21 bits per heavy atom. The monoisotopic (exact) mass is 385 g/mol. The molecule has 0 saturated carbocycles. The van der Waals surface area contributed by atoms with Gasteiger partial charge in [-0.25, -0.2) is 4.98 Å². The van der Waals surface area contributed by atoms with Crippen molar-refractivity contribution in [3.05, 3.63) is 68.6 Å². The van der Waals surface area contributed by atoms with Crippen molar-refractivity contribution in [2.75, 3.05) is 0 Å². The summed E-state index contributed by atoms with van der Waals surface area (Å²) in [5.74, 6) is -0.226. The van der Waals surface area contributed by atoms with E-state index < -0.39 is 6.10 Å². The Balaban J connectivity index is 1.62. The molecule has 29 heavy (non-hydrogen) atoms. The van der Waals surface area contributed by atoms with Crippen molar-refractivity contribution in [3.8, 4) is 11.4 Å². The molecule has 1 atom stereocenters. The summed E-state index contributed by atoms with van der Waals surface area (Å²) in [6, 6.07) is 8.02. The zero-order chi connectivity index (χ0) is 19.9. The molecule has 6 nitrogen and oxygen atoms in total. The molecule has 2 aliphatic heterocycles. The lowest BCUT2D eigenvalue weighted by Crippen LogP contribution is -2.31. The van der Waals surface area contributed by atoms with Crippen molar-refractivity contribution in [3.63, 3.8) is 0 Å². The second kappa shape index (κ2) is 5.64. The molecule has 0 bridgehead atoms. The maximum absolute atomic E-state index is 13.2. The molecule has 0 saturated heterocycles. The first-order chi connectivity index (χ1) is 14.1. The van der Waals surface area contributed by atoms with Crippen molar-refractivity contribution < 1.29 is 9.90 Å². The zero-order valence-electron chi connectivity index (χ0n) is 16.0. The number of carbonyl (C=O) groups excluding carboxylic acids is 1. The van der Waals surface area contributed by atoms with Crippen molar-refractivity contribution in [1.82, 2.24) is 14.9 Å². The highest BCUT2D eigenvalue weighted by Crippen LogP contribution is 2.38. The van der Waals surface area contributed by atoms with Crippen LogP contribution in [-0.2, 0) is 24.2 Å². The minimum atomic E-state index is -1.21. The molecule has 0 spiro atoms. The summed E-state index contributed by atoms with van der Waals surface area (Å²) in [5.41, 5.74) is 7.81. The summed E-state index contributed by atoms with van der Waals surface area (Å²) in [6.45, 7) is 2.60. The van der Waals surface area contributed by atoms with Crippen molar-refractivity contribution in [2.24, 2.45) is 0 Å². The Morgan fingerprint density at radius 3 is 2.79 bits per heavy atom. The van der Waals surface area contributed by atoms with Crippen LogP contribution in [0.1, 0.15) is 47.3 Å². The Morgan fingerprint density at radius 2 is 2.03 bits per heavy atom. The Kier molecular flexibility index (Phi) is 3.24. The van der Waals surface area contributed by atoms with Gasteiger partial charge in [0.15, 0.2) is 5.78 Å². The normalized spacial score (nSPS) is 18.8. The number of hydrogen-bond donors (Lipinski definition) is 2. The Hall–Kier alpha value is -3.25. The van der Waals surface area contributed by atoms with Crippen LogP contribution in [0.3, 0.4) is 0 Å². The van der Waals surface area contributed by atoms with Crippen LogP contribution >= 0.6 is 0 Å². The Bertz CT molecular complexity index is 1350. The molecular weight excluding hydrogens is 366 g/mol. The Labute approximate surface area is 166 Å². The van der Waals surface area contributed by atoms with Crippen LogP contribution in [0.25, 0.3) is 28.0 Å². The lowest BCUT2D eigenvalue weighted by atomic mass is 9.89. The molecule has 4 heterocycles. The topological polar surface area (TPSA) is 94.1 Å². The van der Waals surface area contributed by atoms with Gasteiger partial charge in [-0.3, -0.25) is 9.59 Å². The standard InChI is InChI=1S/C23H19N3O3/c1-2-12-14-7-11(18-9-24-18)3-5-17(14)25-21-16(12)10-26-19(21)8-15-13(23(26)29)4-6-20(27)22(15)28/h3,5,7-9,22,24,28H,2,4,6,10H2,1H3/t22-/m0/s1. The summed E-state index contributed by atoms with van der Waals surface area (Å²) in [7, 11) is 0. The third-order valence-electron chi connectivity index (χ3n) is 6.37. The highest BCUT2D eigenvalue weighted by Gasteiger charge is 2.33. The maximum Gasteiger partial charge on any atom is 0.254 e. The number of pyridine rings is 2. The molecule has 3 aromatic rings. The predicted octanol–water partition coefficient (Wildman–Crippen LogP) is 2.44. The fourth-order valence-corrected chi connectivity index (χ4v) is 4.80. The fourth-order valence-electron chi connectivity index (χ4n) is 4.80. The van der Waals surface area contributed by atoms with E-state index in [-0.39, 0.29) is 17.8 Å². The highest BCUT2D eigenvalue weighted by molar-refractivity contribution is 5.92. The first-order valence-electron chi connectivity index (χ1n) is 9.97. The van der Waals surface area contributed by atoms with E-state index >= 15 is 0 Å². The van der Waals surface area contributed by atoms with E-state index in [1.165, 1.54) is 5.56 Å². The number of carbonyl (C=O) groups is 1. The van der Waals surface area contributed by atoms with Gasteiger partial charge in [-0.2, -0.15) is 0 Å². The molecular formula is C23H19N3O3. The number of Topliss-reactive ketones (excluding diaryl/α,β-unsaturated/α-hetero) is 1. The summed E-state index contributed by atoms with van der Waals surface area (Å²) < 4.78 is 1.75. The van der Waals surface area contributed by atoms with E-state index in [4.69, 9.17) is 4.98 Å². The minimum Gasteiger partial charge on any atom is -0.381 e. The molecule has 0 amide bonds. The van der Waals surface area contributed by atoms with Crippen LogP contribution in [0.5, 0.6) is 0 Å². The average molecular weight is 385 g/mol. The highest BCUT2D eigenvalue weighted by atomic mass is 16.3. The molecule has 1 aliphatic carbocycles. The lowest BCUT2D eigenvalue weighted by Gasteiger charge is -2.21. The quantitative estimate of drug-likeness (QED) is 0.553. The van der Waals surface area contributed by atoms with Crippen LogP contribution in [0.4, 0.5) is 0 Å². The number of hydrogen-bond acceptors (Lipinski definition) is 5. The number of nitrogens with one attached hydrogen (secondary N) is 1. The smallest absolute Gasteiger partial charge is 0.254 e. The third kappa shape index (κ3) is 2.23. The van der Waals surface area contributed by atoms with Gasteiger partial charge in [0.25, 0.3) is 5.56 Å². The fraction of sp³-hybridized carbons (Fsp3) is 0.261. The average Bonchev–Trinajstić information content (AvgIpc) is 3.51. The van der Waals surface area contributed by atoms with Gasteiger partial charge in [0.2, 0.25) is 0 Å². The summed E-state index contributed by atoms with van der Waals surface area (Å²) in [6.07, 6.45) is 2.20. The zero-order valence-corrected chi connectivity index (χ0v) is 16.0. The van der Waals surface area contributed by atoms with E-state index in [1.54, 1.807) is 10.6 Å². The molecule has 6 rings (SSSR count). The van der Waals surface area contributed by atoms with Gasteiger partial charge in [-0.15, -0.1) is 0 Å².